The highest BCUT2D eigenvalue weighted by atomic mass is 16.6. The summed E-state index contributed by atoms with van der Waals surface area (Å²) in [6.07, 6.45) is 0.942. The van der Waals surface area contributed by atoms with E-state index in [0.29, 0.717) is 23.4 Å². The van der Waals surface area contributed by atoms with Crippen LogP contribution in [0.1, 0.15) is 35.6 Å². The zero-order valence-electron chi connectivity index (χ0n) is 17.0. The predicted octanol–water partition coefficient (Wildman–Crippen LogP) is 1.84. The maximum atomic E-state index is 13.3. The van der Waals surface area contributed by atoms with Gasteiger partial charge in [-0.3, -0.25) is 4.79 Å². The molecule has 0 radical (unpaired) electrons. The van der Waals surface area contributed by atoms with Crippen molar-refractivity contribution in [2.75, 3.05) is 13.6 Å². The van der Waals surface area contributed by atoms with Gasteiger partial charge in [0.15, 0.2) is 5.60 Å². The van der Waals surface area contributed by atoms with E-state index in [4.69, 9.17) is 9.72 Å². The number of nitrogens with zero attached hydrogens (tertiary/aromatic N) is 2. The lowest BCUT2D eigenvalue weighted by molar-refractivity contribution is -0.172. The Morgan fingerprint density at radius 1 is 1.27 bits per heavy atom. The molecule has 1 unspecified atom stereocenters. The first-order chi connectivity index (χ1) is 14.5. The van der Waals surface area contributed by atoms with E-state index in [9.17, 15) is 14.7 Å². The van der Waals surface area contributed by atoms with E-state index in [1.165, 1.54) is 5.56 Å². The number of benzene rings is 1. The molecule has 7 heteroatoms. The van der Waals surface area contributed by atoms with E-state index in [-0.39, 0.29) is 18.6 Å². The van der Waals surface area contributed by atoms with Crippen LogP contribution in [-0.4, -0.2) is 34.2 Å². The molecule has 0 spiro atoms. The van der Waals surface area contributed by atoms with Crippen LogP contribution in [0.25, 0.3) is 22.3 Å². The molecule has 5 rings (SSSR count). The third-order valence-corrected chi connectivity index (χ3v) is 6.34. The van der Waals surface area contributed by atoms with Crippen molar-refractivity contribution in [1.29, 1.82) is 0 Å². The van der Waals surface area contributed by atoms with E-state index in [1.807, 2.05) is 25.2 Å². The van der Waals surface area contributed by atoms with E-state index in [0.717, 1.165) is 35.1 Å². The standard InChI is InChI=1S/C23H23N3O4/c1-3-23(29)17-10-19-20-15(11-26(19)21(27)16(17)12-30-22(23)28)13(8-9-24-2)14-6-4-5-7-18(14)25-20/h4-7,10,24,29H,3,8-9,11-12H2,1-2H3. The highest BCUT2D eigenvalue weighted by molar-refractivity contribution is 5.89. The second-order valence-corrected chi connectivity index (χ2v) is 7.89. The number of cyclic esters (lactones) is 1. The van der Waals surface area contributed by atoms with Gasteiger partial charge in [-0.05, 0) is 44.1 Å². The Balaban J connectivity index is 1.80. The van der Waals surface area contributed by atoms with Crippen molar-refractivity contribution in [3.63, 3.8) is 0 Å². The zero-order valence-corrected chi connectivity index (χ0v) is 17.0. The van der Waals surface area contributed by atoms with Gasteiger partial charge in [0.05, 0.1) is 29.0 Å². The first-order valence-corrected chi connectivity index (χ1v) is 10.2. The van der Waals surface area contributed by atoms with E-state index >= 15 is 0 Å². The highest BCUT2D eigenvalue weighted by Crippen LogP contribution is 2.40. The summed E-state index contributed by atoms with van der Waals surface area (Å²) in [6.45, 7) is 2.82. The molecule has 0 aliphatic carbocycles. The van der Waals surface area contributed by atoms with Gasteiger partial charge in [0.25, 0.3) is 5.56 Å². The second kappa shape index (κ2) is 6.75. The molecule has 0 saturated carbocycles. The predicted molar refractivity (Wildman–Crippen MR) is 112 cm³/mol. The Bertz CT molecular complexity index is 1260. The number of likely N-dealkylation sites (N-methyl/N-ethyl adjacent to an activating group) is 1. The average molecular weight is 405 g/mol. The zero-order chi connectivity index (χ0) is 21.0. The van der Waals surface area contributed by atoms with Crippen LogP contribution in [0, 0.1) is 0 Å². The van der Waals surface area contributed by atoms with Crippen LogP contribution in [0.4, 0.5) is 0 Å². The van der Waals surface area contributed by atoms with Crippen LogP contribution in [0.5, 0.6) is 0 Å². The number of para-hydroxylation sites is 1. The van der Waals surface area contributed by atoms with Crippen molar-refractivity contribution in [3.05, 3.63) is 62.9 Å². The van der Waals surface area contributed by atoms with Crippen molar-refractivity contribution >= 4 is 16.9 Å². The molecule has 2 N–H and O–H groups in total. The molecule has 7 nitrogen and oxygen atoms in total. The molecule has 2 aliphatic rings. The number of pyridine rings is 2. The summed E-state index contributed by atoms with van der Waals surface area (Å²) in [5.41, 5.74) is 3.10. The van der Waals surface area contributed by atoms with Crippen LogP contribution in [0.3, 0.4) is 0 Å². The van der Waals surface area contributed by atoms with Gasteiger partial charge in [0.2, 0.25) is 0 Å². The smallest absolute Gasteiger partial charge is 0.343 e. The van der Waals surface area contributed by atoms with Crippen molar-refractivity contribution < 1.29 is 14.6 Å². The summed E-state index contributed by atoms with van der Waals surface area (Å²) in [7, 11) is 1.92. The third-order valence-electron chi connectivity index (χ3n) is 6.34. The Kier molecular flexibility index (Phi) is 4.27. The van der Waals surface area contributed by atoms with Crippen molar-refractivity contribution in [2.45, 2.75) is 38.5 Å². The first kappa shape index (κ1) is 19.0. The van der Waals surface area contributed by atoms with Gasteiger partial charge in [-0.2, -0.15) is 0 Å². The molecular formula is C23H23N3O4. The molecule has 3 aromatic rings. The van der Waals surface area contributed by atoms with Crippen molar-refractivity contribution in [3.8, 4) is 11.4 Å². The van der Waals surface area contributed by atoms with E-state index in [1.54, 1.807) is 17.6 Å². The number of carbonyl (C=O) groups excluding carboxylic acids is 1. The first-order valence-electron chi connectivity index (χ1n) is 10.2. The largest absolute Gasteiger partial charge is 0.458 e. The number of fused-ring (bicyclic) bond motifs is 5. The third kappa shape index (κ3) is 2.49. The molecule has 0 fully saturated rings. The van der Waals surface area contributed by atoms with Crippen LogP contribution >= 0.6 is 0 Å². The summed E-state index contributed by atoms with van der Waals surface area (Å²) in [5, 5.41) is 15.3. The Morgan fingerprint density at radius 2 is 2.07 bits per heavy atom. The summed E-state index contributed by atoms with van der Waals surface area (Å²) in [6, 6.07) is 9.74. The number of ether oxygens (including phenoxy) is 1. The molecule has 0 saturated heterocycles. The minimum absolute atomic E-state index is 0.117. The van der Waals surface area contributed by atoms with Gasteiger partial charge in [0, 0.05) is 16.5 Å². The van der Waals surface area contributed by atoms with Crippen LogP contribution in [-0.2, 0) is 34.7 Å². The fraction of sp³-hybridized carbons (Fsp3) is 0.348. The summed E-state index contributed by atoms with van der Waals surface area (Å²) >= 11 is 0. The molecule has 0 bridgehead atoms. The van der Waals surface area contributed by atoms with Crippen molar-refractivity contribution in [2.24, 2.45) is 0 Å². The molecule has 2 aliphatic heterocycles. The molecule has 0 amide bonds. The fourth-order valence-electron chi connectivity index (χ4n) is 4.65. The average Bonchev–Trinajstić information content (AvgIpc) is 3.13. The van der Waals surface area contributed by atoms with E-state index < -0.39 is 11.6 Å². The van der Waals surface area contributed by atoms with Gasteiger partial charge >= 0.3 is 5.97 Å². The number of rotatable bonds is 4. The Morgan fingerprint density at radius 3 is 2.83 bits per heavy atom. The normalized spacial score (nSPS) is 19.4. The lowest BCUT2D eigenvalue weighted by Gasteiger charge is -2.31. The number of aromatic nitrogens is 2. The van der Waals surface area contributed by atoms with Crippen molar-refractivity contribution in [1.82, 2.24) is 14.9 Å². The molecule has 1 aromatic carbocycles. The van der Waals surface area contributed by atoms with Crippen LogP contribution < -0.4 is 10.9 Å². The lowest BCUT2D eigenvalue weighted by atomic mass is 9.86. The van der Waals surface area contributed by atoms with E-state index in [2.05, 4.69) is 11.4 Å². The number of aliphatic hydroxyl groups is 1. The molecule has 2 aromatic heterocycles. The topological polar surface area (TPSA) is 93.5 Å². The van der Waals surface area contributed by atoms with Crippen LogP contribution in [0.2, 0.25) is 0 Å². The molecule has 4 heterocycles. The number of hydrogen-bond donors (Lipinski definition) is 2. The molecule has 154 valence electrons. The number of esters is 1. The quantitative estimate of drug-likeness (QED) is 0.503. The van der Waals surface area contributed by atoms with Gasteiger partial charge in [-0.25, -0.2) is 9.78 Å². The Hall–Kier alpha value is -3.03. The SMILES string of the molecule is CCC1(O)C(=O)OCc2c1cc1n(c2=O)Cc2c-1nc1ccccc1c2CCNC. The molecule has 30 heavy (non-hydrogen) atoms. The summed E-state index contributed by atoms with van der Waals surface area (Å²) in [5.74, 6) is -0.707. The van der Waals surface area contributed by atoms with Gasteiger partial charge in [-0.1, -0.05) is 25.1 Å². The second-order valence-electron chi connectivity index (χ2n) is 7.89. The number of hydrogen-bond acceptors (Lipinski definition) is 6. The highest BCUT2D eigenvalue weighted by Gasteiger charge is 2.45. The Labute approximate surface area is 173 Å². The molecular weight excluding hydrogens is 382 g/mol. The molecule has 1 atom stereocenters. The van der Waals surface area contributed by atoms with Gasteiger partial charge in [0.1, 0.15) is 6.61 Å². The minimum Gasteiger partial charge on any atom is -0.458 e. The monoisotopic (exact) mass is 405 g/mol. The maximum absolute atomic E-state index is 13.3. The fourth-order valence-corrected chi connectivity index (χ4v) is 4.65. The maximum Gasteiger partial charge on any atom is 0.343 e. The number of nitrogens with one attached hydrogen (secondary N) is 1. The lowest BCUT2D eigenvalue weighted by Crippen LogP contribution is -2.44. The summed E-state index contributed by atoms with van der Waals surface area (Å²) < 4.78 is 6.83. The van der Waals surface area contributed by atoms with Gasteiger partial charge in [-0.15, -0.1) is 0 Å². The minimum atomic E-state index is -1.81. The number of carbonyl (C=O) groups is 1. The van der Waals surface area contributed by atoms with Crippen LogP contribution in [0.15, 0.2) is 35.1 Å². The van der Waals surface area contributed by atoms with Gasteiger partial charge < -0.3 is 19.7 Å². The summed E-state index contributed by atoms with van der Waals surface area (Å²) in [4.78, 5) is 30.5.